The fourth-order valence-electron chi connectivity index (χ4n) is 9.90. The molecule has 2 aromatic rings. The second kappa shape index (κ2) is 22.8. The number of carbonyl (C=O) groups excluding carboxylic acids is 2. The van der Waals surface area contributed by atoms with Gasteiger partial charge in [-0.2, -0.15) is 35.1 Å². The van der Waals surface area contributed by atoms with E-state index in [0.717, 1.165) is 60.2 Å². The van der Waals surface area contributed by atoms with Crippen LogP contribution >= 0.6 is 0 Å². The van der Waals surface area contributed by atoms with Gasteiger partial charge in [-0.15, -0.1) is 0 Å². The third kappa shape index (κ3) is 14.9. The molecule has 4 aliphatic heterocycles. The molecule has 1 spiro atoms. The maximum absolute atomic E-state index is 13.2. The Balaban J connectivity index is 0.000000151. The van der Waals surface area contributed by atoms with Crippen molar-refractivity contribution < 1.29 is 73.1 Å². The molecule has 0 amide bonds. The molecule has 67 heavy (non-hydrogen) atoms. The van der Waals surface area contributed by atoms with Gasteiger partial charge in [-0.3, -0.25) is 9.59 Å². The molecule has 0 N–H and O–H groups in total. The summed E-state index contributed by atoms with van der Waals surface area (Å²) in [5.41, 5.74) is 1.76. The van der Waals surface area contributed by atoms with Crippen LogP contribution in [0.5, 0.6) is 0 Å². The summed E-state index contributed by atoms with van der Waals surface area (Å²) in [5, 5.41) is 0. The van der Waals surface area contributed by atoms with Crippen molar-refractivity contribution >= 4 is 33.4 Å². The Hall–Kier alpha value is -2.32. The van der Waals surface area contributed by atoms with Gasteiger partial charge in [-0.05, 0) is 105 Å². The third-order valence-electron chi connectivity index (χ3n) is 13.2. The molecule has 0 aromatic heterocycles. The van der Waals surface area contributed by atoms with Crippen LogP contribution in [0.2, 0.25) is 0 Å². The summed E-state index contributed by atoms with van der Waals surface area (Å²) in [4.78, 5) is 23.6. The number of benzene rings is 2. The van der Waals surface area contributed by atoms with Crippen LogP contribution in [0, 0.1) is 23.7 Å². The van der Waals surface area contributed by atoms with E-state index in [4.69, 9.17) is 18.9 Å². The van der Waals surface area contributed by atoms with Crippen LogP contribution in [0.1, 0.15) is 106 Å². The normalized spacial score (nSPS) is 29.2. The van der Waals surface area contributed by atoms with E-state index in [9.17, 15) is 44.7 Å². The molecule has 376 valence electrons. The molecule has 2 unspecified atom stereocenters. The second-order valence-electron chi connectivity index (χ2n) is 19.3. The second-order valence-corrected chi connectivity index (χ2v) is 23.9. The molecule has 4 saturated heterocycles. The maximum Gasteiger partial charge on any atom is 0.419 e. The highest BCUT2D eigenvalue weighted by molar-refractivity contribution is 7.98. The van der Waals surface area contributed by atoms with E-state index in [1.807, 2.05) is 60.7 Å². The molecule has 18 heteroatoms. The van der Waals surface area contributed by atoms with Crippen molar-refractivity contribution in [2.45, 2.75) is 133 Å². The van der Waals surface area contributed by atoms with Crippen molar-refractivity contribution in [3.05, 3.63) is 71.8 Å². The predicted octanol–water partition coefficient (Wildman–Crippen LogP) is 10.8. The molecule has 4 heterocycles. The van der Waals surface area contributed by atoms with Gasteiger partial charge >= 0.3 is 24.1 Å². The summed E-state index contributed by atoms with van der Waals surface area (Å²) >= 11 is 0. The van der Waals surface area contributed by atoms with E-state index in [2.05, 4.69) is 9.47 Å². The lowest BCUT2D eigenvalue weighted by atomic mass is 9.53. The average Bonchev–Trinajstić information content (AvgIpc) is 4.12. The third-order valence-corrected chi connectivity index (χ3v) is 18.0. The zero-order valence-corrected chi connectivity index (χ0v) is 40.4. The lowest BCUT2D eigenvalue weighted by Gasteiger charge is -2.58. The monoisotopic (exact) mass is 998 g/mol. The van der Waals surface area contributed by atoms with Crippen LogP contribution in [0.4, 0.5) is 35.1 Å². The molecular formula is C49H66F8O8S2+2. The number of alkyl halides is 8. The number of ketones is 2. The highest BCUT2D eigenvalue weighted by atomic mass is 32.2. The van der Waals surface area contributed by atoms with E-state index < -0.39 is 61.1 Å². The Morgan fingerprint density at radius 3 is 1.31 bits per heavy atom. The Kier molecular flexibility index (Phi) is 18.4. The van der Waals surface area contributed by atoms with E-state index in [0.29, 0.717) is 45.2 Å². The number of hydrogen-bond acceptors (Lipinski definition) is 8. The molecular weight excluding hydrogens is 933 g/mol. The molecule has 10 rings (SSSR count). The zero-order chi connectivity index (χ0) is 48.7. The molecule has 8 fully saturated rings. The quantitative estimate of drug-likeness (QED) is 0.105. The van der Waals surface area contributed by atoms with Crippen molar-refractivity contribution in [1.82, 2.24) is 0 Å². The number of halogens is 8. The molecule has 2 atom stereocenters. The van der Waals surface area contributed by atoms with E-state index >= 15 is 0 Å². The SMILES string of the molecule is CC(F)(F)C(F)(F)OCC1COC2(O1)C1CC3CC(C1)CC2C3.CC1(C)OCC(COC(F)(F)C(C)(F)F)O1.O=C(C[S+]1CCCC1)c1ccccc1.O=C(C[S+]1CCCC1)c1ccccc1. The average molecular weight is 999 g/mol. The van der Waals surface area contributed by atoms with Crippen LogP contribution in [0.3, 0.4) is 0 Å². The van der Waals surface area contributed by atoms with Crippen LogP contribution in [-0.4, -0.2) is 120 Å². The van der Waals surface area contributed by atoms with Gasteiger partial charge in [0.05, 0.1) is 26.4 Å². The van der Waals surface area contributed by atoms with Gasteiger partial charge < -0.3 is 28.4 Å². The first kappa shape index (κ1) is 54.0. The van der Waals surface area contributed by atoms with Crippen LogP contribution in [0.15, 0.2) is 60.7 Å². The summed E-state index contributed by atoms with van der Waals surface area (Å²) in [6.45, 7) is 2.40. The molecule has 4 bridgehead atoms. The summed E-state index contributed by atoms with van der Waals surface area (Å²) in [6.07, 6.45) is 0.365. The van der Waals surface area contributed by atoms with Crippen molar-refractivity contribution in [3.8, 4) is 0 Å². The predicted molar refractivity (Wildman–Crippen MR) is 242 cm³/mol. The topological polar surface area (TPSA) is 89.5 Å². The van der Waals surface area contributed by atoms with E-state index in [-0.39, 0.29) is 27.1 Å². The van der Waals surface area contributed by atoms with Crippen molar-refractivity contribution in [1.29, 1.82) is 0 Å². The smallest absolute Gasteiger partial charge is 0.348 e. The molecule has 8 aliphatic rings. The summed E-state index contributed by atoms with van der Waals surface area (Å²) < 4.78 is 132. The van der Waals surface area contributed by atoms with Gasteiger partial charge in [-0.1, -0.05) is 60.7 Å². The maximum atomic E-state index is 13.2. The minimum absolute atomic E-state index is 0.0400. The van der Waals surface area contributed by atoms with Gasteiger partial charge in [0.2, 0.25) is 11.6 Å². The Labute approximate surface area is 394 Å². The van der Waals surface area contributed by atoms with Crippen LogP contribution in [-0.2, 0) is 50.2 Å². The van der Waals surface area contributed by atoms with Gasteiger partial charge in [0.15, 0.2) is 23.1 Å². The number of Topliss-reactive ketones (excluding diaryl/α,β-unsaturated/α-hetero) is 2. The molecule has 0 radical (unpaired) electrons. The highest BCUT2D eigenvalue weighted by Gasteiger charge is 2.63. The number of rotatable bonds is 14. The van der Waals surface area contributed by atoms with Gasteiger partial charge in [0.1, 0.15) is 35.2 Å². The minimum Gasteiger partial charge on any atom is -0.348 e. The fraction of sp³-hybridized carbons (Fsp3) is 0.714. The Morgan fingerprint density at radius 2 is 0.955 bits per heavy atom. The van der Waals surface area contributed by atoms with Gasteiger partial charge in [0, 0.05) is 36.8 Å². The molecule has 2 aromatic carbocycles. The molecule has 4 saturated carbocycles. The fourth-order valence-corrected chi connectivity index (χ4v) is 14.4. The number of hydrogen-bond donors (Lipinski definition) is 0. The summed E-state index contributed by atoms with van der Waals surface area (Å²) in [6, 6.07) is 19.3. The highest BCUT2D eigenvalue weighted by Crippen LogP contribution is 2.61. The largest absolute Gasteiger partial charge is 0.419 e. The van der Waals surface area contributed by atoms with Crippen molar-refractivity contribution in [2.24, 2.45) is 23.7 Å². The van der Waals surface area contributed by atoms with Crippen molar-refractivity contribution in [2.75, 3.05) is 60.9 Å². The van der Waals surface area contributed by atoms with Crippen LogP contribution in [0.25, 0.3) is 0 Å². The standard InChI is InChI=1S/C16H22F4O3.2C12H15OS.C9H14F4O3/c1-14(17,18)16(19,20)22-8-13-7-21-15(23-13)11-3-9-2-10(5-11)6-12(15)4-9;2*13-12(10-14-8-4-5-9-14)11-6-2-1-3-7-11;1-7(2)14-4-6(16-7)5-15-9(12,13)8(3,10)11/h9-13H,2-8H2,1H3;2*1-3,6-7H,4-5,8-10H2;6H,4-5H2,1-3H3/q;2*+1;. The Bertz CT molecular complexity index is 1780. The molecule has 4 aliphatic carbocycles. The summed E-state index contributed by atoms with van der Waals surface area (Å²) in [5.74, 6) is -0.622. The molecule has 8 nitrogen and oxygen atoms in total. The van der Waals surface area contributed by atoms with E-state index in [1.54, 1.807) is 13.8 Å². The van der Waals surface area contributed by atoms with Gasteiger partial charge in [0.25, 0.3) is 0 Å². The van der Waals surface area contributed by atoms with Gasteiger partial charge in [-0.25, -0.2) is 0 Å². The number of carbonyl (C=O) groups is 2. The zero-order valence-electron chi connectivity index (χ0n) is 38.8. The first-order valence-electron chi connectivity index (χ1n) is 23.3. The lowest BCUT2D eigenvalue weighted by molar-refractivity contribution is -0.350. The Morgan fingerprint density at radius 1 is 0.582 bits per heavy atom. The number of ether oxygens (including phenoxy) is 6. The first-order chi connectivity index (χ1) is 31.5. The lowest BCUT2D eigenvalue weighted by Crippen LogP contribution is -2.58. The first-order valence-corrected chi connectivity index (χ1v) is 26.8. The summed E-state index contributed by atoms with van der Waals surface area (Å²) in [7, 11) is 0.785. The van der Waals surface area contributed by atoms with Crippen molar-refractivity contribution in [3.63, 3.8) is 0 Å². The van der Waals surface area contributed by atoms with Crippen LogP contribution < -0.4 is 0 Å². The minimum atomic E-state index is -4.50. The van der Waals surface area contributed by atoms with E-state index in [1.165, 1.54) is 55.1 Å².